The molecule has 4 aliphatic heterocycles. The molecular formula is C35H52N2O5. The molecule has 0 unspecified atom stereocenters. The van der Waals surface area contributed by atoms with Crippen molar-refractivity contribution in [3.8, 4) is 0 Å². The molecular weight excluding hydrogens is 528 g/mol. The Kier molecular flexibility index (Phi) is 6.37. The van der Waals surface area contributed by atoms with E-state index in [9.17, 15) is 9.59 Å². The van der Waals surface area contributed by atoms with E-state index < -0.39 is 0 Å². The van der Waals surface area contributed by atoms with Crippen LogP contribution in [0.25, 0.3) is 0 Å². The van der Waals surface area contributed by atoms with Crippen LogP contribution in [0.3, 0.4) is 0 Å². The van der Waals surface area contributed by atoms with E-state index in [4.69, 9.17) is 14.2 Å². The van der Waals surface area contributed by atoms with Crippen molar-refractivity contribution < 1.29 is 23.8 Å². The number of carbonyl (C=O) groups excluding carboxylic acids is 2. The van der Waals surface area contributed by atoms with Crippen molar-refractivity contribution in [3.63, 3.8) is 0 Å². The number of likely N-dealkylation sites (tertiary alicyclic amines) is 1. The minimum absolute atomic E-state index is 0.0249. The largest absolute Gasteiger partial charge is 0.380 e. The molecule has 3 saturated carbocycles. The minimum atomic E-state index is -0.339. The zero-order valence-electron chi connectivity index (χ0n) is 26.3. The van der Waals surface area contributed by atoms with Gasteiger partial charge in [0.25, 0.3) is 0 Å². The number of hydrogen-bond acceptors (Lipinski definition) is 5. The molecule has 0 aromatic heterocycles. The Morgan fingerprint density at radius 2 is 1.86 bits per heavy atom. The van der Waals surface area contributed by atoms with Crippen LogP contribution >= 0.6 is 0 Å². The van der Waals surface area contributed by atoms with Gasteiger partial charge in [-0.05, 0) is 91.8 Å². The fraction of sp³-hybridized carbons (Fsp3) is 0.886. The van der Waals surface area contributed by atoms with Gasteiger partial charge in [-0.1, -0.05) is 39.3 Å². The predicted octanol–water partition coefficient (Wildman–Crippen LogP) is 5.09. The first kappa shape index (κ1) is 28.1. The zero-order chi connectivity index (χ0) is 29.1. The second kappa shape index (κ2) is 9.53. The highest BCUT2D eigenvalue weighted by Crippen LogP contribution is 2.70. The molecule has 4 aliphatic carbocycles. The van der Waals surface area contributed by atoms with Crippen LogP contribution in [0, 0.1) is 51.8 Å². The normalized spacial score (nSPS) is 50.1. The first-order chi connectivity index (χ1) is 20.0. The summed E-state index contributed by atoms with van der Waals surface area (Å²) in [6.45, 7) is 13.7. The molecule has 4 saturated heterocycles. The van der Waals surface area contributed by atoms with Crippen LogP contribution in [0.2, 0.25) is 0 Å². The maximum atomic E-state index is 12.9. The Morgan fingerprint density at radius 1 is 1.05 bits per heavy atom. The Bertz CT molecular complexity index is 1160. The number of nitrogens with one attached hydrogen (secondary N) is 1. The number of nitrogens with zero attached hydrogens (tertiary/aromatic N) is 1. The molecule has 7 heteroatoms. The molecule has 0 bridgehead atoms. The highest BCUT2D eigenvalue weighted by molar-refractivity contribution is 5.97. The van der Waals surface area contributed by atoms with Gasteiger partial charge in [0.05, 0.1) is 31.3 Å². The van der Waals surface area contributed by atoms with Gasteiger partial charge < -0.3 is 24.4 Å². The average molecular weight is 581 g/mol. The molecule has 4 heterocycles. The van der Waals surface area contributed by atoms with Gasteiger partial charge in [-0.25, -0.2) is 0 Å². The number of carbonyl (C=O) groups is 2. The third kappa shape index (κ3) is 4.00. The van der Waals surface area contributed by atoms with E-state index in [2.05, 4.69) is 39.1 Å². The quantitative estimate of drug-likeness (QED) is 0.372. The maximum absolute atomic E-state index is 12.9. The highest BCUT2D eigenvalue weighted by atomic mass is 16.7. The molecule has 232 valence electrons. The predicted molar refractivity (Wildman–Crippen MR) is 158 cm³/mol. The zero-order valence-corrected chi connectivity index (χ0v) is 26.3. The monoisotopic (exact) mass is 580 g/mol. The average Bonchev–Trinajstić information content (AvgIpc) is 3.34. The van der Waals surface area contributed by atoms with Gasteiger partial charge >= 0.3 is 0 Å². The van der Waals surface area contributed by atoms with Crippen LogP contribution in [-0.2, 0) is 23.8 Å². The Hall–Kier alpha value is -1.44. The van der Waals surface area contributed by atoms with Gasteiger partial charge in [0.1, 0.15) is 6.42 Å². The van der Waals surface area contributed by atoms with Gasteiger partial charge in [0.2, 0.25) is 11.8 Å². The molecule has 8 rings (SSSR count). The van der Waals surface area contributed by atoms with Crippen molar-refractivity contribution in [1.82, 2.24) is 10.2 Å². The third-order valence-electron chi connectivity index (χ3n) is 14.3. The van der Waals surface area contributed by atoms with Gasteiger partial charge in [-0.3, -0.25) is 9.59 Å². The van der Waals surface area contributed by atoms with E-state index in [0.29, 0.717) is 29.3 Å². The molecule has 0 radical (unpaired) electrons. The molecule has 0 aromatic carbocycles. The standard InChI is InChI=1S/C35H52N2O5/c1-21-7-12-35(41-16-21)22(2)31-28(42-35)14-27-25-6-5-23-13-24(8-10-32(23,3)26(25)9-11-33(27,31)4)36-29(38)15-30(39)37-17-34(18-37)19-40-20-34/h5,21-22,24-28,31H,6-20H2,1-4H3,(H,36,38)/t21-,22+,24-,25-,26+,27+,28+,31+,32+,33+,35-/m1/s1. The molecule has 7 fully saturated rings. The van der Waals surface area contributed by atoms with Gasteiger partial charge in [0, 0.05) is 31.5 Å². The van der Waals surface area contributed by atoms with Gasteiger partial charge in [0.15, 0.2) is 5.79 Å². The van der Waals surface area contributed by atoms with Crippen LogP contribution in [0.15, 0.2) is 11.6 Å². The topological polar surface area (TPSA) is 77.1 Å². The number of hydrogen-bond donors (Lipinski definition) is 1. The summed E-state index contributed by atoms with van der Waals surface area (Å²) in [5.41, 5.74) is 2.32. The first-order valence-electron chi connectivity index (χ1n) is 17.2. The van der Waals surface area contributed by atoms with Crippen LogP contribution < -0.4 is 5.32 Å². The lowest BCUT2D eigenvalue weighted by Gasteiger charge is -2.58. The van der Waals surface area contributed by atoms with Crippen LogP contribution in [0.1, 0.15) is 91.9 Å². The van der Waals surface area contributed by atoms with E-state index in [1.165, 1.54) is 32.1 Å². The lowest BCUT2D eigenvalue weighted by atomic mass is 9.46. The summed E-state index contributed by atoms with van der Waals surface area (Å²) >= 11 is 0. The van der Waals surface area contributed by atoms with Gasteiger partial charge in [-0.15, -0.1) is 0 Å². The molecule has 0 aromatic rings. The third-order valence-corrected chi connectivity index (χ3v) is 14.3. The fourth-order valence-corrected chi connectivity index (χ4v) is 11.8. The number of amides is 2. The lowest BCUT2D eigenvalue weighted by molar-refractivity contribution is -0.272. The number of allylic oxidation sites excluding steroid dienone is 1. The van der Waals surface area contributed by atoms with E-state index in [-0.39, 0.29) is 40.9 Å². The summed E-state index contributed by atoms with van der Waals surface area (Å²) in [6.07, 6.45) is 13.2. The first-order valence-corrected chi connectivity index (χ1v) is 17.2. The van der Waals surface area contributed by atoms with Crippen molar-refractivity contribution in [2.75, 3.05) is 32.9 Å². The molecule has 42 heavy (non-hydrogen) atoms. The summed E-state index contributed by atoms with van der Waals surface area (Å²) in [4.78, 5) is 27.3. The number of fused-ring (bicyclic) bond motifs is 7. The Morgan fingerprint density at radius 3 is 2.57 bits per heavy atom. The van der Waals surface area contributed by atoms with E-state index >= 15 is 0 Å². The van der Waals surface area contributed by atoms with E-state index in [1.54, 1.807) is 5.57 Å². The summed E-state index contributed by atoms with van der Waals surface area (Å²) < 4.78 is 18.8. The lowest BCUT2D eigenvalue weighted by Crippen LogP contribution is -2.67. The molecule has 11 atom stereocenters. The molecule has 1 N–H and O–H groups in total. The van der Waals surface area contributed by atoms with Gasteiger partial charge in [-0.2, -0.15) is 0 Å². The SMILES string of the molecule is C[C@@H]1CC[C@@]2(OC1)O[C@H]1C[C@H]3[C@@H]4CC=C5C[C@H](NC(=O)CC(=O)N6CC7(COC7)C6)CC[C@]5(C)[C@H]4CC[C@]3(C)[C@H]1[C@@H]2C. The maximum Gasteiger partial charge on any atom is 0.232 e. The summed E-state index contributed by atoms with van der Waals surface area (Å²) in [5, 5.41) is 3.25. The van der Waals surface area contributed by atoms with Crippen molar-refractivity contribution >= 4 is 11.8 Å². The summed E-state index contributed by atoms with van der Waals surface area (Å²) in [6, 6.07) is 0.146. The van der Waals surface area contributed by atoms with Crippen molar-refractivity contribution in [2.45, 2.75) is 110 Å². The van der Waals surface area contributed by atoms with Crippen molar-refractivity contribution in [1.29, 1.82) is 0 Å². The van der Waals surface area contributed by atoms with Crippen molar-refractivity contribution in [2.24, 2.45) is 51.8 Å². The Balaban J connectivity index is 0.912. The second-order valence-electron chi connectivity index (χ2n) is 16.7. The van der Waals surface area contributed by atoms with Crippen LogP contribution in [0.5, 0.6) is 0 Å². The minimum Gasteiger partial charge on any atom is -0.380 e. The smallest absolute Gasteiger partial charge is 0.232 e. The molecule has 2 spiro atoms. The molecule has 2 amide bonds. The second-order valence-corrected chi connectivity index (χ2v) is 16.7. The molecule has 8 aliphatic rings. The number of rotatable bonds is 3. The summed E-state index contributed by atoms with van der Waals surface area (Å²) in [7, 11) is 0. The number of ether oxygens (including phenoxy) is 3. The fourth-order valence-electron chi connectivity index (χ4n) is 11.8. The highest BCUT2D eigenvalue weighted by Gasteiger charge is 2.68. The van der Waals surface area contributed by atoms with E-state index in [1.807, 2.05) is 4.90 Å². The van der Waals surface area contributed by atoms with E-state index in [0.717, 1.165) is 76.3 Å². The van der Waals surface area contributed by atoms with Crippen LogP contribution in [-0.4, -0.2) is 67.6 Å². The Labute approximate surface area is 251 Å². The molecule has 7 nitrogen and oxygen atoms in total. The summed E-state index contributed by atoms with van der Waals surface area (Å²) in [5.74, 6) is 3.40. The van der Waals surface area contributed by atoms with Crippen LogP contribution in [0.4, 0.5) is 0 Å². The van der Waals surface area contributed by atoms with Crippen molar-refractivity contribution in [3.05, 3.63) is 11.6 Å².